The van der Waals surface area contributed by atoms with Gasteiger partial charge in [-0.3, -0.25) is 4.79 Å². The minimum atomic E-state index is -1.77. The van der Waals surface area contributed by atoms with Crippen molar-refractivity contribution in [1.29, 1.82) is 0 Å². The van der Waals surface area contributed by atoms with Gasteiger partial charge in [0.15, 0.2) is 8.32 Å². The molecule has 0 radical (unpaired) electrons. The van der Waals surface area contributed by atoms with Gasteiger partial charge >= 0.3 is 0 Å². The molecule has 19 heavy (non-hydrogen) atoms. The van der Waals surface area contributed by atoms with Crippen LogP contribution < -0.4 is 5.32 Å². The van der Waals surface area contributed by atoms with Crippen LogP contribution in [-0.2, 0) is 11.0 Å². The van der Waals surface area contributed by atoms with Crippen LogP contribution in [0, 0.1) is 0 Å². The molecule has 1 amide bonds. The van der Waals surface area contributed by atoms with Crippen molar-refractivity contribution in [3.05, 3.63) is 20.8 Å². The third-order valence-corrected chi connectivity index (χ3v) is 9.40. The van der Waals surface area contributed by atoms with E-state index in [4.69, 9.17) is 16.0 Å². The first-order valence-electron chi connectivity index (χ1n) is 6.23. The Kier molecular flexibility index (Phi) is 5.23. The molecular weight excluding hydrogens is 298 g/mol. The number of hydrogen-bond donors (Lipinski definition) is 1. The number of thiophene rings is 1. The third-order valence-electron chi connectivity index (χ3n) is 3.59. The Morgan fingerprint density at radius 3 is 2.53 bits per heavy atom. The van der Waals surface area contributed by atoms with E-state index in [1.807, 2.05) is 6.07 Å². The van der Waals surface area contributed by atoms with Crippen molar-refractivity contribution < 1.29 is 9.22 Å². The molecule has 0 atom stereocenters. The fourth-order valence-electron chi connectivity index (χ4n) is 1.25. The summed E-state index contributed by atoms with van der Waals surface area (Å²) in [5.41, 5.74) is 0.531. The minimum absolute atomic E-state index is 0.153. The summed E-state index contributed by atoms with van der Waals surface area (Å²) in [6.07, 6.45) is 0. The van der Waals surface area contributed by atoms with Gasteiger partial charge in [-0.1, -0.05) is 32.4 Å². The van der Waals surface area contributed by atoms with Crippen LogP contribution in [0.2, 0.25) is 22.5 Å². The highest BCUT2D eigenvalue weighted by Crippen LogP contribution is 2.38. The molecular formula is C13H22ClNO2SSi. The van der Waals surface area contributed by atoms with Gasteiger partial charge in [0.05, 0.1) is 12.2 Å². The van der Waals surface area contributed by atoms with Crippen molar-refractivity contribution in [3.8, 4) is 0 Å². The van der Waals surface area contributed by atoms with Crippen LogP contribution in [0.4, 0.5) is 0 Å². The van der Waals surface area contributed by atoms with Crippen molar-refractivity contribution >= 4 is 37.2 Å². The second kappa shape index (κ2) is 5.95. The first kappa shape index (κ1) is 16.7. The van der Waals surface area contributed by atoms with Crippen molar-refractivity contribution in [2.75, 3.05) is 7.05 Å². The van der Waals surface area contributed by atoms with Gasteiger partial charge in [-0.15, -0.1) is 11.3 Å². The lowest BCUT2D eigenvalue weighted by atomic mass is 10.2. The summed E-state index contributed by atoms with van der Waals surface area (Å²) in [6.45, 7) is 11.6. The van der Waals surface area contributed by atoms with Crippen LogP contribution in [-0.4, -0.2) is 21.3 Å². The molecule has 3 nitrogen and oxygen atoms in total. The van der Waals surface area contributed by atoms with Crippen LogP contribution in [0.5, 0.6) is 0 Å². The minimum Gasteiger partial charge on any atom is -0.412 e. The Morgan fingerprint density at radius 1 is 1.47 bits per heavy atom. The summed E-state index contributed by atoms with van der Waals surface area (Å²) in [4.78, 5) is 12.6. The molecule has 0 saturated heterocycles. The highest BCUT2D eigenvalue weighted by molar-refractivity contribution is 7.16. The summed E-state index contributed by atoms with van der Waals surface area (Å²) in [6, 6.07) is 1.82. The van der Waals surface area contributed by atoms with E-state index in [1.54, 1.807) is 7.05 Å². The summed E-state index contributed by atoms with van der Waals surface area (Å²) in [5, 5.41) is 2.76. The van der Waals surface area contributed by atoms with E-state index in [0.29, 0.717) is 16.5 Å². The molecule has 0 unspecified atom stereocenters. The maximum atomic E-state index is 11.6. The smallest absolute Gasteiger partial charge is 0.253 e. The maximum absolute atomic E-state index is 11.6. The van der Waals surface area contributed by atoms with E-state index < -0.39 is 8.32 Å². The van der Waals surface area contributed by atoms with E-state index in [9.17, 15) is 4.79 Å². The second-order valence-corrected chi connectivity index (χ2v) is 12.6. The number of carbonyl (C=O) groups excluding carboxylic acids is 1. The SMILES string of the molecule is CNC(=O)c1cc(CO[Si](C)(C)C(C)(C)C)sc1Cl. The predicted molar refractivity (Wildman–Crippen MR) is 84.7 cm³/mol. The molecule has 0 aliphatic heterocycles. The van der Waals surface area contributed by atoms with Gasteiger partial charge < -0.3 is 9.74 Å². The number of carbonyl (C=O) groups is 1. The molecule has 0 aliphatic rings. The normalized spacial score (nSPS) is 12.6. The second-order valence-electron chi connectivity index (χ2n) is 6.03. The molecule has 0 bridgehead atoms. The molecule has 1 rings (SSSR count). The predicted octanol–water partition coefficient (Wildman–Crippen LogP) is 4.28. The topological polar surface area (TPSA) is 38.3 Å². The van der Waals surface area contributed by atoms with Gasteiger partial charge in [0.1, 0.15) is 4.34 Å². The van der Waals surface area contributed by atoms with Crippen LogP contribution in [0.15, 0.2) is 6.07 Å². The number of amides is 1. The molecule has 0 spiro atoms. The quantitative estimate of drug-likeness (QED) is 0.841. The number of halogens is 1. The number of nitrogens with one attached hydrogen (secondary N) is 1. The molecule has 6 heteroatoms. The monoisotopic (exact) mass is 319 g/mol. The summed E-state index contributed by atoms with van der Waals surface area (Å²) < 4.78 is 6.64. The lowest BCUT2D eigenvalue weighted by Gasteiger charge is -2.36. The molecule has 0 fully saturated rings. The lowest BCUT2D eigenvalue weighted by molar-refractivity contribution is 0.0963. The molecule has 0 saturated carbocycles. The first-order valence-corrected chi connectivity index (χ1v) is 10.3. The van der Waals surface area contributed by atoms with Gasteiger partial charge in [-0.05, 0) is 24.2 Å². The van der Waals surface area contributed by atoms with E-state index in [1.165, 1.54) is 11.3 Å². The van der Waals surface area contributed by atoms with Crippen molar-refractivity contribution in [1.82, 2.24) is 5.32 Å². The Balaban J connectivity index is 2.77. The average molecular weight is 320 g/mol. The number of rotatable bonds is 4. The van der Waals surface area contributed by atoms with E-state index >= 15 is 0 Å². The molecule has 1 heterocycles. The lowest BCUT2D eigenvalue weighted by Crippen LogP contribution is -2.40. The van der Waals surface area contributed by atoms with Crippen molar-refractivity contribution in [2.45, 2.75) is 45.5 Å². The van der Waals surface area contributed by atoms with Crippen LogP contribution in [0.1, 0.15) is 36.0 Å². The zero-order chi connectivity index (χ0) is 14.8. The summed E-state index contributed by atoms with van der Waals surface area (Å²) in [7, 11) is -0.169. The summed E-state index contributed by atoms with van der Waals surface area (Å²) >= 11 is 7.48. The fraction of sp³-hybridized carbons (Fsp3) is 0.615. The Bertz CT molecular complexity index is 466. The van der Waals surface area contributed by atoms with Gasteiger partial charge in [0.2, 0.25) is 0 Å². The van der Waals surface area contributed by atoms with Gasteiger partial charge in [0, 0.05) is 11.9 Å². The number of hydrogen-bond acceptors (Lipinski definition) is 3. The third kappa shape index (κ3) is 4.05. The highest BCUT2D eigenvalue weighted by Gasteiger charge is 2.37. The maximum Gasteiger partial charge on any atom is 0.253 e. The van der Waals surface area contributed by atoms with E-state index in [0.717, 1.165) is 4.88 Å². The van der Waals surface area contributed by atoms with Gasteiger partial charge in [-0.25, -0.2) is 0 Å². The largest absolute Gasteiger partial charge is 0.412 e. The molecule has 0 aliphatic carbocycles. The fourth-order valence-corrected chi connectivity index (χ4v) is 3.52. The van der Waals surface area contributed by atoms with Crippen molar-refractivity contribution in [3.63, 3.8) is 0 Å². The molecule has 1 N–H and O–H groups in total. The Labute approximate surface area is 125 Å². The Hall–Kier alpha value is -0.363. The van der Waals surface area contributed by atoms with Crippen LogP contribution in [0.3, 0.4) is 0 Å². The van der Waals surface area contributed by atoms with Crippen LogP contribution >= 0.6 is 22.9 Å². The first-order chi connectivity index (χ1) is 8.58. The zero-order valence-electron chi connectivity index (χ0n) is 12.4. The van der Waals surface area contributed by atoms with Crippen molar-refractivity contribution in [2.24, 2.45) is 0 Å². The average Bonchev–Trinajstić information content (AvgIpc) is 2.65. The van der Waals surface area contributed by atoms with Gasteiger partial charge in [-0.2, -0.15) is 0 Å². The van der Waals surface area contributed by atoms with E-state index in [2.05, 4.69) is 39.2 Å². The molecule has 108 valence electrons. The zero-order valence-corrected chi connectivity index (χ0v) is 15.0. The molecule has 1 aromatic heterocycles. The molecule has 0 aromatic carbocycles. The van der Waals surface area contributed by atoms with Gasteiger partial charge in [0.25, 0.3) is 5.91 Å². The van der Waals surface area contributed by atoms with Crippen LogP contribution in [0.25, 0.3) is 0 Å². The highest BCUT2D eigenvalue weighted by atomic mass is 35.5. The van der Waals surface area contributed by atoms with E-state index in [-0.39, 0.29) is 10.9 Å². The Morgan fingerprint density at radius 2 is 2.05 bits per heavy atom. The summed E-state index contributed by atoms with van der Waals surface area (Å²) in [5.74, 6) is -0.153. The standard InChI is InChI=1S/C13H22ClNO2SSi/c1-13(2,3)19(5,6)17-8-9-7-10(11(14)18-9)12(16)15-4/h7H,8H2,1-6H3,(H,15,16). The molecule has 1 aromatic rings.